The highest BCUT2D eigenvalue weighted by Crippen LogP contribution is 2.40. The topological polar surface area (TPSA) is 70.1 Å². The Bertz CT molecular complexity index is 954. The molecule has 7 heteroatoms. The Labute approximate surface area is 168 Å². The molecule has 1 atom stereocenters. The molecule has 0 aliphatic carbocycles. The minimum atomic E-state index is -1.00. The molecule has 29 heavy (non-hydrogen) atoms. The quantitative estimate of drug-likeness (QED) is 0.460. The molecule has 1 unspecified atom stereocenters. The van der Waals surface area contributed by atoms with Gasteiger partial charge in [-0.3, -0.25) is 9.59 Å². The summed E-state index contributed by atoms with van der Waals surface area (Å²) in [5.74, 6) is -1.89. The number of likely N-dealkylation sites (tertiary alicyclic amines) is 1. The van der Waals surface area contributed by atoms with Gasteiger partial charge < -0.3 is 19.6 Å². The molecule has 1 aliphatic heterocycles. The van der Waals surface area contributed by atoms with Gasteiger partial charge in [0.1, 0.15) is 17.3 Å². The van der Waals surface area contributed by atoms with E-state index in [1.165, 1.54) is 30.2 Å². The van der Waals surface area contributed by atoms with Gasteiger partial charge in [0.15, 0.2) is 0 Å². The second-order valence-corrected chi connectivity index (χ2v) is 7.05. The number of ether oxygens (including phenoxy) is 1. The second kappa shape index (κ2) is 8.45. The first-order valence-corrected chi connectivity index (χ1v) is 9.17. The number of hydrogen-bond acceptors (Lipinski definition) is 5. The fraction of sp³-hybridized carbons (Fsp3) is 0.273. The second-order valence-electron chi connectivity index (χ2n) is 7.05. The zero-order valence-corrected chi connectivity index (χ0v) is 16.6. The lowest BCUT2D eigenvalue weighted by Gasteiger charge is -2.26. The summed E-state index contributed by atoms with van der Waals surface area (Å²) in [7, 11) is 5.20. The summed E-state index contributed by atoms with van der Waals surface area (Å²) in [5, 5.41) is 10.9. The average Bonchev–Trinajstić information content (AvgIpc) is 2.96. The van der Waals surface area contributed by atoms with Crippen LogP contribution in [-0.4, -0.2) is 60.9 Å². The Morgan fingerprint density at radius 1 is 1.14 bits per heavy atom. The molecule has 1 N–H and O–H groups in total. The molecule has 3 rings (SSSR count). The number of halogens is 1. The van der Waals surface area contributed by atoms with Gasteiger partial charge in [0.2, 0.25) is 0 Å². The number of likely N-dealkylation sites (N-methyl/N-ethyl adjacent to an activating group) is 1. The van der Waals surface area contributed by atoms with Crippen molar-refractivity contribution in [3.05, 3.63) is 71.0 Å². The molecule has 1 saturated heterocycles. The molecule has 0 aromatic heterocycles. The van der Waals surface area contributed by atoms with Gasteiger partial charge in [-0.2, -0.15) is 0 Å². The lowest BCUT2D eigenvalue weighted by Crippen LogP contribution is -2.35. The van der Waals surface area contributed by atoms with Crippen LogP contribution in [0.3, 0.4) is 0 Å². The number of methoxy groups -OCH3 is 1. The number of hydrogen-bond donors (Lipinski definition) is 1. The summed E-state index contributed by atoms with van der Waals surface area (Å²) in [6.45, 7) is 0.705. The van der Waals surface area contributed by atoms with Gasteiger partial charge in [-0.05, 0) is 44.4 Å². The van der Waals surface area contributed by atoms with Crippen molar-refractivity contribution in [3.63, 3.8) is 0 Å². The highest BCUT2D eigenvalue weighted by Gasteiger charge is 2.46. The zero-order valence-electron chi connectivity index (χ0n) is 16.6. The maximum atomic E-state index is 14.6. The van der Waals surface area contributed by atoms with Crippen molar-refractivity contribution < 1.29 is 23.8 Å². The van der Waals surface area contributed by atoms with E-state index >= 15 is 0 Å². The zero-order chi connectivity index (χ0) is 21.1. The maximum absolute atomic E-state index is 14.6. The van der Waals surface area contributed by atoms with Crippen molar-refractivity contribution in [2.45, 2.75) is 6.04 Å². The van der Waals surface area contributed by atoms with Gasteiger partial charge in [0, 0.05) is 24.2 Å². The summed E-state index contributed by atoms with van der Waals surface area (Å²) in [6.07, 6.45) is 0. The SMILES string of the molecule is COc1ccc(/C(O)=C2/C(=O)C(=O)N(CCN(C)C)C2c2ccccc2F)cc1. The van der Waals surface area contributed by atoms with E-state index in [1.54, 1.807) is 30.3 Å². The van der Waals surface area contributed by atoms with Crippen LogP contribution in [0.15, 0.2) is 54.1 Å². The van der Waals surface area contributed by atoms with E-state index in [1.807, 2.05) is 19.0 Å². The molecule has 1 heterocycles. The number of aliphatic hydroxyl groups excluding tert-OH is 1. The molecule has 152 valence electrons. The van der Waals surface area contributed by atoms with Crippen molar-refractivity contribution in [2.24, 2.45) is 0 Å². The van der Waals surface area contributed by atoms with Gasteiger partial charge in [-0.1, -0.05) is 18.2 Å². The summed E-state index contributed by atoms with van der Waals surface area (Å²) in [6, 6.07) is 11.4. The molecular weight excluding hydrogens is 375 g/mol. The van der Waals surface area contributed by atoms with Crippen molar-refractivity contribution in [3.8, 4) is 5.75 Å². The first-order chi connectivity index (χ1) is 13.8. The predicted molar refractivity (Wildman–Crippen MR) is 107 cm³/mol. The van der Waals surface area contributed by atoms with Crippen LogP contribution in [0.4, 0.5) is 4.39 Å². The molecule has 6 nitrogen and oxygen atoms in total. The van der Waals surface area contributed by atoms with Crippen LogP contribution < -0.4 is 4.74 Å². The first kappa shape index (κ1) is 20.5. The van der Waals surface area contributed by atoms with Gasteiger partial charge in [-0.25, -0.2) is 4.39 Å². The van der Waals surface area contributed by atoms with Crippen molar-refractivity contribution in [2.75, 3.05) is 34.3 Å². The summed E-state index contributed by atoms with van der Waals surface area (Å²) in [5.41, 5.74) is 0.391. The fourth-order valence-electron chi connectivity index (χ4n) is 3.34. The number of rotatable bonds is 6. The number of nitrogens with zero attached hydrogens (tertiary/aromatic N) is 2. The Morgan fingerprint density at radius 3 is 2.38 bits per heavy atom. The maximum Gasteiger partial charge on any atom is 0.295 e. The molecule has 0 bridgehead atoms. The number of ketones is 1. The number of carbonyl (C=O) groups is 2. The third-order valence-corrected chi connectivity index (χ3v) is 4.89. The summed E-state index contributed by atoms with van der Waals surface area (Å²) < 4.78 is 19.7. The number of amides is 1. The predicted octanol–water partition coefficient (Wildman–Crippen LogP) is 2.82. The average molecular weight is 398 g/mol. The van der Waals surface area contributed by atoms with Crippen molar-refractivity contribution in [1.29, 1.82) is 0 Å². The lowest BCUT2D eigenvalue weighted by molar-refractivity contribution is -0.140. The smallest absolute Gasteiger partial charge is 0.295 e. The van der Waals surface area contributed by atoms with Crippen LogP contribution >= 0.6 is 0 Å². The van der Waals surface area contributed by atoms with Crippen LogP contribution in [0, 0.1) is 5.82 Å². The molecule has 0 spiro atoms. The van der Waals surface area contributed by atoms with Crippen LogP contribution in [-0.2, 0) is 9.59 Å². The Hall–Kier alpha value is -3.19. The Balaban J connectivity index is 2.14. The normalized spacial score (nSPS) is 18.5. The van der Waals surface area contributed by atoms with Crippen LogP contribution in [0.2, 0.25) is 0 Å². The minimum absolute atomic E-state index is 0.121. The molecule has 1 aliphatic rings. The van der Waals surface area contributed by atoms with Crippen molar-refractivity contribution >= 4 is 17.4 Å². The Morgan fingerprint density at radius 2 is 1.79 bits per heavy atom. The molecule has 1 fully saturated rings. The lowest BCUT2D eigenvalue weighted by atomic mass is 9.95. The number of carbonyl (C=O) groups excluding carboxylic acids is 2. The van der Waals surface area contributed by atoms with E-state index < -0.39 is 23.5 Å². The number of benzene rings is 2. The standard InChI is InChI=1S/C22H23FN2O4/c1-24(2)12-13-25-19(16-6-4-5-7-17(16)23)18(21(27)22(25)28)20(26)14-8-10-15(29-3)11-9-14/h4-11,19,26H,12-13H2,1-3H3/b20-18-. The molecule has 0 saturated carbocycles. The first-order valence-electron chi connectivity index (χ1n) is 9.17. The Kier molecular flexibility index (Phi) is 5.98. The third kappa shape index (κ3) is 4.00. The molecule has 2 aromatic rings. The van der Waals surface area contributed by atoms with Gasteiger partial charge in [0.25, 0.3) is 11.7 Å². The monoisotopic (exact) mass is 398 g/mol. The van der Waals surface area contributed by atoms with Crippen molar-refractivity contribution in [1.82, 2.24) is 9.80 Å². The van der Waals surface area contributed by atoms with Crippen LogP contribution in [0.5, 0.6) is 5.75 Å². The van der Waals surface area contributed by atoms with Crippen LogP contribution in [0.25, 0.3) is 5.76 Å². The largest absolute Gasteiger partial charge is 0.507 e. The van der Waals surface area contributed by atoms with Gasteiger partial charge >= 0.3 is 0 Å². The van der Waals surface area contributed by atoms with E-state index in [2.05, 4.69) is 0 Å². The van der Waals surface area contributed by atoms with Gasteiger partial charge in [-0.15, -0.1) is 0 Å². The fourth-order valence-corrected chi connectivity index (χ4v) is 3.34. The summed E-state index contributed by atoms with van der Waals surface area (Å²) >= 11 is 0. The number of aliphatic hydroxyl groups is 1. The summed E-state index contributed by atoms with van der Waals surface area (Å²) in [4.78, 5) is 28.7. The number of Topliss-reactive ketones (excluding diaryl/α,β-unsaturated/α-hetero) is 1. The van der Waals surface area contributed by atoms with Crippen LogP contribution in [0.1, 0.15) is 17.2 Å². The van der Waals surface area contributed by atoms with E-state index in [0.717, 1.165) is 0 Å². The van der Waals surface area contributed by atoms with E-state index in [-0.39, 0.29) is 23.4 Å². The molecule has 0 radical (unpaired) electrons. The van der Waals surface area contributed by atoms with E-state index in [9.17, 15) is 19.1 Å². The molecular formula is C22H23FN2O4. The van der Waals surface area contributed by atoms with E-state index in [4.69, 9.17) is 4.74 Å². The van der Waals surface area contributed by atoms with E-state index in [0.29, 0.717) is 17.9 Å². The van der Waals surface area contributed by atoms with Gasteiger partial charge in [0.05, 0.1) is 18.7 Å². The molecule has 1 amide bonds. The highest BCUT2D eigenvalue weighted by molar-refractivity contribution is 6.46. The highest BCUT2D eigenvalue weighted by atomic mass is 19.1. The molecule has 2 aromatic carbocycles. The minimum Gasteiger partial charge on any atom is -0.507 e. The third-order valence-electron chi connectivity index (χ3n) is 4.89.